The van der Waals surface area contributed by atoms with E-state index in [2.05, 4.69) is 0 Å². The van der Waals surface area contributed by atoms with Gasteiger partial charge in [0.15, 0.2) is 0 Å². The van der Waals surface area contributed by atoms with Gasteiger partial charge in [0.05, 0.1) is 12.9 Å². The predicted octanol–water partition coefficient (Wildman–Crippen LogP) is 0.806. The summed E-state index contributed by atoms with van der Waals surface area (Å²) >= 11 is 0. The molecule has 1 aliphatic rings. The number of benzene rings is 1. The van der Waals surface area contributed by atoms with E-state index in [0.29, 0.717) is 31.3 Å². The number of hydrogen-bond donors (Lipinski definition) is 1. The SMILES string of the molecule is COc1cccc(CS(=O)(=O)N2CCC(CN)C2)c1. The van der Waals surface area contributed by atoms with Gasteiger partial charge >= 0.3 is 0 Å². The van der Waals surface area contributed by atoms with Crippen molar-refractivity contribution < 1.29 is 13.2 Å². The van der Waals surface area contributed by atoms with Crippen LogP contribution in [0.4, 0.5) is 0 Å². The van der Waals surface area contributed by atoms with Crippen LogP contribution in [0.15, 0.2) is 24.3 Å². The lowest BCUT2D eigenvalue weighted by atomic mass is 10.1. The number of ether oxygens (including phenoxy) is 1. The topological polar surface area (TPSA) is 72.6 Å². The van der Waals surface area contributed by atoms with Crippen molar-refractivity contribution in [1.82, 2.24) is 4.31 Å². The smallest absolute Gasteiger partial charge is 0.218 e. The molecule has 1 unspecified atom stereocenters. The second-order valence-electron chi connectivity index (χ2n) is 4.86. The van der Waals surface area contributed by atoms with Gasteiger partial charge in [-0.15, -0.1) is 0 Å². The van der Waals surface area contributed by atoms with E-state index in [9.17, 15) is 8.42 Å². The lowest BCUT2D eigenvalue weighted by Gasteiger charge is -2.16. The highest BCUT2D eigenvalue weighted by molar-refractivity contribution is 7.88. The highest BCUT2D eigenvalue weighted by atomic mass is 32.2. The predicted molar refractivity (Wildman–Crippen MR) is 74.4 cm³/mol. The Labute approximate surface area is 114 Å². The van der Waals surface area contributed by atoms with Crippen molar-refractivity contribution in [3.63, 3.8) is 0 Å². The van der Waals surface area contributed by atoms with Gasteiger partial charge in [0, 0.05) is 13.1 Å². The first kappa shape index (κ1) is 14.3. The monoisotopic (exact) mass is 284 g/mol. The van der Waals surface area contributed by atoms with Crippen molar-refractivity contribution in [2.24, 2.45) is 11.7 Å². The minimum Gasteiger partial charge on any atom is -0.497 e. The lowest BCUT2D eigenvalue weighted by molar-refractivity contribution is 0.414. The molecule has 0 amide bonds. The van der Waals surface area contributed by atoms with Crippen molar-refractivity contribution in [3.05, 3.63) is 29.8 Å². The molecule has 1 saturated heterocycles. The molecule has 0 radical (unpaired) electrons. The van der Waals surface area contributed by atoms with Crippen molar-refractivity contribution in [3.8, 4) is 5.75 Å². The van der Waals surface area contributed by atoms with E-state index < -0.39 is 10.0 Å². The van der Waals surface area contributed by atoms with Crippen LogP contribution in [0.5, 0.6) is 5.75 Å². The van der Waals surface area contributed by atoms with Crippen molar-refractivity contribution in [1.29, 1.82) is 0 Å². The molecule has 1 atom stereocenters. The molecule has 6 heteroatoms. The first-order valence-electron chi connectivity index (χ1n) is 6.36. The average Bonchev–Trinajstić information content (AvgIpc) is 2.88. The molecule has 2 rings (SSSR count). The Morgan fingerprint density at radius 1 is 1.47 bits per heavy atom. The fraction of sp³-hybridized carbons (Fsp3) is 0.538. The summed E-state index contributed by atoms with van der Waals surface area (Å²) < 4.78 is 31.3. The third kappa shape index (κ3) is 3.46. The molecule has 0 aromatic heterocycles. The van der Waals surface area contributed by atoms with Gasteiger partial charge in [-0.1, -0.05) is 12.1 Å². The van der Waals surface area contributed by atoms with Crippen molar-refractivity contribution in [2.75, 3.05) is 26.7 Å². The Kier molecular flexibility index (Phi) is 4.44. The van der Waals surface area contributed by atoms with Gasteiger partial charge in [-0.2, -0.15) is 0 Å². The summed E-state index contributed by atoms with van der Waals surface area (Å²) in [6.07, 6.45) is 0.855. The van der Waals surface area contributed by atoms with E-state index in [1.807, 2.05) is 0 Å². The third-order valence-corrected chi connectivity index (χ3v) is 5.28. The fourth-order valence-corrected chi connectivity index (χ4v) is 3.91. The van der Waals surface area contributed by atoms with Gasteiger partial charge in [0.2, 0.25) is 10.0 Å². The number of nitrogens with two attached hydrogens (primary N) is 1. The molecule has 2 N–H and O–H groups in total. The Morgan fingerprint density at radius 3 is 2.89 bits per heavy atom. The minimum atomic E-state index is -3.26. The molecule has 19 heavy (non-hydrogen) atoms. The third-order valence-electron chi connectivity index (χ3n) is 3.46. The van der Waals surface area contributed by atoms with E-state index in [-0.39, 0.29) is 5.75 Å². The van der Waals surface area contributed by atoms with Gasteiger partial charge in [-0.3, -0.25) is 0 Å². The lowest BCUT2D eigenvalue weighted by Crippen LogP contribution is -2.31. The largest absolute Gasteiger partial charge is 0.497 e. The number of hydrogen-bond acceptors (Lipinski definition) is 4. The summed E-state index contributed by atoms with van der Waals surface area (Å²) in [5, 5.41) is 0. The molecule has 106 valence electrons. The second-order valence-corrected chi connectivity index (χ2v) is 6.83. The van der Waals surface area contributed by atoms with Gasteiger partial charge in [-0.25, -0.2) is 12.7 Å². The number of sulfonamides is 1. The molecular weight excluding hydrogens is 264 g/mol. The molecular formula is C13H20N2O3S. The normalized spacial score (nSPS) is 20.6. The summed E-state index contributed by atoms with van der Waals surface area (Å²) in [7, 11) is -1.69. The average molecular weight is 284 g/mol. The van der Waals surface area contributed by atoms with Crippen LogP contribution in [0.25, 0.3) is 0 Å². The Bertz CT molecular complexity index is 530. The number of methoxy groups -OCH3 is 1. The highest BCUT2D eigenvalue weighted by Crippen LogP contribution is 2.22. The molecule has 0 aliphatic carbocycles. The molecule has 1 aromatic carbocycles. The van der Waals surface area contributed by atoms with E-state index in [4.69, 9.17) is 10.5 Å². The molecule has 0 saturated carbocycles. The van der Waals surface area contributed by atoms with E-state index in [1.54, 1.807) is 35.7 Å². The molecule has 1 aromatic rings. The molecule has 0 spiro atoms. The molecule has 5 nitrogen and oxygen atoms in total. The quantitative estimate of drug-likeness (QED) is 0.868. The van der Waals surface area contributed by atoms with Gasteiger partial charge < -0.3 is 10.5 Å². The van der Waals surface area contributed by atoms with Crippen LogP contribution in [-0.2, 0) is 15.8 Å². The van der Waals surface area contributed by atoms with Crippen LogP contribution in [0.3, 0.4) is 0 Å². The van der Waals surface area contributed by atoms with Crippen LogP contribution >= 0.6 is 0 Å². The van der Waals surface area contributed by atoms with Crippen LogP contribution in [0.2, 0.25) is 0 Å². The van der Waals surface area contributed by atoms with Crippen LogP contribution in [0.1, 0.15) is 12.0 Å². The van der Waals surface area contributed by atoms with Crippen LogP contribution < -0.4 is 10.5 Å². The summed E-state index contributed by atoms with van der Waals surface area (Å²) in [5.41, 5.74) is 6.34. The molecule has 1 aliphatic heterocycles. The molecule has 0 bridgehead atoms. The molecule has 1 heterocycles. The van der Waals surface area contributed by atoms with Crippen LogP contribution in [-0.4, -0.2) is 39.5 Å². The second kappa shape index (κ2) is 5.90. The summed E-state index contributed by atoms with van der Waals surface area (Å²) in [4.78, 5) is 0. The zero-order valence-electron chi connectivity index (χ0n) is 11.1. The Morgan fingerprint density at radius 2 is 2.26 bits per heavy atom. The highest BCUT2D eigenvalue weighted by Gasteiger charge is 2.30. The maximum absolute atomic E-state index is 12.3. The van der Waals surface area contributed by atoms with Crippen molar-refractivity contribution >= 4 is 10.0 Å². The Hall–Kier alpha value is -1.11. The maximum atomic E-state index is 12.3. The number of nitrogens with zero attached hydrogens (tertiary/aromatic N) is 1. The summed E-state index contributed by atoms with van der Waals surface area (Å²) in [5.74, 6) is 0.982. The number of rotatable bonds is 5. The minimum absolute atomic E-state index is 0.0154. The summed E-state index contributed by atoms with van der Waals surface area (Å²) in [6, 6.07) is 7.16. The zero-order chi connectivity index (χ0) is 13.9. The Balaban J connectivity index is 2.08. The van der Waals surface area contributed by atoms with Crippen LogP contribution in [0, 0.1) is 5.92 Å². The molecule has 1 fully saturated rings. The standard InChI is InChI=1S/C13H20N2O3S/c1-18-13-4-2-3-11(7-13)10-19(16,17)15-6-5-12(8-14)9-15/h2-4,7,12H,5-6,8-10,14H2,1H3. The van der Waals surface area contributed by atoms with E-state index in [1.165, 1.54) is 0 Å². The van der Waals surface area contributed by atoms with Crippen molar-refractivity contribution in [2.45, 2.75) is 12.2 Å². The summed E-state index contributed by atoms with van der Waals surface area (Å²) in [6.45, 7) is 1.67. The van der Waals surface area contributed by atoms with Gasteiger partial charge in [-0.05, 0) is 36.6 Å². The maximum Gasteiger partial charge on any atom is 0.218 e. The van der Waals surface area contributed by atoms with E-state index >= 15 is 0 Å². The zero-order valence-corrected chi connectivity index (χ0v) is 11.9. The first-order chi connectivity index (χ1) is 9.05. The fourth-order valence-electron chi connectivity index (χ4n) is 2.31. The van der Waals surface area contributed by atoms with Gasteiger partial charge in [0.1, 0.15) is 5.75 Å². The van der Waals surface area contributed by atoms with E-state index in [0.717, 1.165) is 12.0 Å². The van der Waals surface area contributed by atoms with Gasteiger partial charge in [0.25, 0.3) is 0 Å². The first-order valence-corrected chi connectivity index (χ1v) is 7.97.